The molecule has 3 aromatic rings. The molecule has 0 saturated carbocycles. The zero-order chi connectivity index (χ0) is 19.2. The molecule has 0 atom stereocenters. The van der Waals surface area contributed by atoms with Gasteiger partial charge >= 0.3 is 12.0 Å². The summed E-state index contributed by atoms with van der Waals surface area (Å²) in [7, 11) is 1.61. The Morgan fingerprint density at radius 1 is 1.19 bits per heavy atom. The molecule has 3 N–H and O–H groups in total. The summed E-state index contributed by atoms with van der Waals surface area (Å²) in [6.07, 6.45) is 0. The van der Waals surface area contributed by atoms with Crippen molar-refractivity contribution in [3.8, 4) is 16.3 Å². The highest BCUT2D eigenvalue weighted by atomic mass is 32.1. The molecule has 138 valence electrons. The van der Waals surface area contributed by atoms with Crippen LogP contribution in [0.5, 0.6) is 5.75 Å². The van der Waals surface area contributed by atoms with E-state index in [2.05, 4.69) is 10.3 Å². The molecule has 0 aliphatic heterocycles. The second-order valence-corrected chi connectivity index (χ2v) is 6.38. The second kappa shape index (κ2) is 8.33. The number of aromatic nitrogens is 1. The molecule has 0 unspecified atom stereocenters. The van der Waals surface area contributed by atoms with Crippen molar-refractivity contribution >= 4 is 29.0 Å². The van der Waals surface area contributed by atoms with Gasteiger partial charge in [0.15, 0.2) is 0 Å². The van der Waals surface area contributed by atoms with E-state index in [-0.39, 0.29) is 6.61 Å². The van der Waals surface area contributed by atoms with Gasteiger partial charge in [0.1, 0.15) is 17.4 Å². The number of carbonyl (C=O) groups excluding carboxylic acids is 2. The molecule has 0 aliphatic carbocycles. The maximum Gasteiger partial charge on any atom is 0.338 e. The van der Waals surface area contributed by atoms with Gasteiger partial charge in [-0.25, -0.2) is 14.6 Å². The zero-order valence-corrected chi connectivity index (χ0v) is 15.3. The van der Waals surface area contributed by atoms with Gasteiger partial charge in [-0.3, -0.25) is 0 Å². The van der Waals surface area contributed by atoms with Crippen molar-refractivity contribution in [2.24, 2.45) is 5.73 Å². The lowest BCUT2D eigenvalue weighted by molar-refractivity contribution is 0.0468. The minimum atomic E-state index is -0.701. The van der Waals surface area contributed by atoms with Crippen LogP contribution in [0.3, 0.4) is 0 Å². The third kappa shape index (κ3) is 4.83. The molecule has 2 aromatic carbocycles. The predicted molar refractivity (Wildman–Crippen MR) is 103 cm³/mol. The Labute approximate surface area is 159 Å². The minimum absolute atomic E-state index is 0.0484. The Balaban J connectivity index is 1.64. The largest absolute Gasteiger partial charge is 0.497 e. The van der Waals surface area contributed by atoms with Crippen LogP contribution in [0.15, 0.2) is 53.9 Å². The maximum absolute atomic E-state index is 12.2. The van der Waals surface area contributed by atoms with Gasteiger partial charge in [-0.05, 0) is 30.3 Å². The van der Waals surface area contributed by atoms with Crippen molar-refractivity contribution < 1.29 is 19.1 Å². The van der Waals surface area contributed by atoms with Gasteiger partial charge in [0.25, 0.3) is 0 Å². The number of primary amides is 1. The maximum atomic E-state index is 12.2. The van der Waals surface area contributed by atoms with Crippen LogP contribution in [0.1, 0.15) is 16.1 Å². The van der Waals surface area contributed by atoms with Gasteiger partial charge in [0.05, 0.1) is 18.4 Å². The lowest BCUT2D eigenvalue weighted by Crippen LogP contribution is -2.19. The lowest BCUT2D eigenvalue weighted by Gasteiger charge is -2.06. The molecule has 8 heteroatoms. The Kier molecular flexibility index (Phi) is 5.68. The highest BCUT2D eigenvalue weighted by molar-refractivity contribution is 7.13. The SMILES string of the molecule is COc1cccc(-c2nc(COC(=O)c3cccc(NC(N)=O)c3)cs2)c1. The smallest absolute Gasteiger partial charge is 0.338 e. The number of hydrogen-bond donors (Lipinski definition) is 2. The van der Waals surface area contributed by atoms with E-state index in [0.717, 1.165) is 16.3 Å². The van der Waals surface area contributed by atoms with E-state index in [4.69, 9.17) is 15.2 Å². The topological polar surface area (TPSA) is 104 Å². The van der Waals surface area contributed by atoms with Crippen molar-refractivity contribution in [2.45, 2.75) is 6.61 Å². The first kappa shape index (κ1) is 18.4. The van der Waals surface area contributed by atoms with Gasteiger partial charge in [0.2, 0.25) is 0 Å². The van der Waals surface area contributed by atoms with Crippen molar-refractivity contribution in [3.05, 3.63) is 65.2 Å². The van der Waals surface area contributed by atoms with Gasteiger partial charge < -0.3 is 20.5 Å². The molecule has 1 aromatic heterocycles. The molecule has 0 bridgehead atoms. The zero-order valence-electron chi connectivity index (χ0n) is 14.5. The highest BCUT2D eigenvalue weighted by Crippen LogP contribution is 2.27. The monoisotopic (exact) mass is 383 g/mol. The summed E-state index contributed by atoms with van der Waals surface area (Å²) < 4.78 is 10.5. The van der Waals surface area contributed by atoms with Crippen molar-refractivity contribution in [3.63, 3.8) is 0 Å². The number of benzene rings is 2. The second-order valence-electron chi connectivity index (χ2n) is 5.52. The third-order valence-electron chi connectivity index (χ3n) is 3.59. The van der Waals surface area contributed by atoms with Crippen LogP contribution in [0, 0.1) is 0 Å². The summed E-state index contributed by atoms with van der Waals surface area (Å²) in [5.74, 6) is 0.235. The van der Waals surface area contributed by atoms with Gasteiger partial charge in [-0.15, -0.1) is 11.3 Å². The van der Waals surface area contributed by atoms with E-state index in [0.29, 0.717) is 16.9 Å². The number of anilines is 1. The van der Waals surface area contributed by atoms with E-state index in [1.807, 2.05) is 29.6 Å². The number of methoxy groups -OCH3 is 1. The van der Waals surface area contributed by atoms with Crippen LogP contribution in [0.4, 0.5) is 10.5 Å². The number of thiazole rings is 1. The van der Waals surface area contributed by atoms with E-state index in [1.165, 1.54) is 17.4 Å². The number of amides is 2. The molecule has 2 amide bonds. The quantitative estimate of drug-likeness (QED) is 0.632. The van der Waals surface area contributed by atoms with Crippen LogP contribution in [0.25, 0.3) is 10.6 Å². The van der Waals surface area contributed by atoms with Crippen LogP contribution in [-0.4, -0.2) is 24.1 Å². The fraction of sp³-hybridized carbons (Fsp3) is 0.105. The number of nitrogens with two attached hydrogens (primary N) is 1. The number of ether oxygens (including phenoxy) is 2. The molecule has 7 nitrogen and oxygen atoms in total. The molecule has 0 spiro atoms. The molecule has 1 heterocycles. The van der Waals surface area contributed by atoms with Crippen LogP contribution in [0.2, 0.25) is 0 Å². The summed E-state index contributed by atoms with van der Waals surface area (Å²) in [5.41, 5.74) is 7.39. The average molecular weight is 383 g/mol. The van der Waals surface area contributed by atoms with Crippen molar-refractivity contribution in [2.75, 3.05) is 12.4 Å². The van der Waals surface area contributed by atoms with Crippen molar-refractivity contribution in [1.82, 2.24) is 4.98 Å². The predicted octanol–water partition coefficient (Wildman–Crippen LogP) is 3.67. The molecule has 0 saturated heterocycles. The normalized spacial score (nSPS) is 10.3. The lowest BCUT2D eigenvalue weighted by atomic mass is 10.2. The van der Waals surface area contributed by atoms with E-state index in [9.17, 15) is 9.59 Å². The highest BCUT2D eigenvalue weighted by Gasteiger charge is 2.11. The molecule has 27 heavy (non-hydrogen) atoms. The Morgan fingerprint density at radius 2 is 2.00 bits per heavy atom. The van der Waals surface area contributed by atoms with E-state index >= 15 is 0 Å². The Morgan fingerprint density at radius 3 is 2.78 bits per heavy atom. The average Bonchev–Trinajstić information content (AvgIpc) is 3.15. The molecule has 3 rings (SSSR count). The standard InChI is InChI=1S/C19H17N3O4S/c1-25-16-7-3-4-12(9-16)17-21-15(11-27-17)10-26-18(23)13-5-2-6-14(8-13)22-19(20)24/h2-9,11H,10H2,1H3,(H3,20,22,24). The van der Waals surface area contributed by atoms with Crippen LogP contribution >= 0.6 is 11.3 Å². The van der Waals surface area contributed by atoms with Crippen LogP contribution < -0.4 is 15.8 Å². The van der Waals surface area contributed by atoms with Gasteiger partial charge in [0, 0.05) is 16.6 Å². The van der Waals surface area contributed by atoms with E-state index in [1.54, 1.807) is 25.3 Å². The molecular formula is C19H17N3O4S. The number of nitrogens with zero attached hydrogens (tertiary/aromatic N) is 1. The number of rotatable bonds is 6. The van der Waals surface area contributed by atoms with Gasteiger partial charge in [-0.1, -0.05) is 18.2 Å². The molecular weight excluding hydrogens is 366 g/mol. The molecule has 0 radical (unpaired) electrons. The fourth-order valence-corrected chi connectivity index (χ4v) is 3.15. The minimum Gasteiger partial charge on any atom is -0.497 e. The van der Waals surface area contributed by atoms with Gasteiger partial charge in [-0.2, -0.15) is 0 Å². The summed E-state index contributed by atoms with van der Waals surface area (Å²) in [4.78, 5) is 27.6. The number of esters is 1. The first-order valence-electron chi connectivity index (χ1n) is 7.97. The molecule has 0 aliphatic rings. The number of carbonyl (C=O) groups is 2. The Hall–Kier alpha value is -3.39. The fourth-order valence-electron chi connectivity index (χ4n) is 2.35. The third-order valence-corrected chi connectivity index (χ3v) is 4.53. The number of hydrogen-bond acceptors (Lipinski definition) is 6. The number of urea groups is 1. The summed E-state index contributed by atoms with van der Waals surface area (Å²) >= 11 is 1.46. The summed E-state index contributed by atoms with van der Waals surface area (Å²) in [6.45, 7) is 0.0484. The van der Waals surface area contributed by atoms with Crippen molar-refractivity contribution in [1.29, 1.82) is 0 Å². The first-order chi connectivity index (χ1) is 13.0. The summed E-state index contributed by atoms with van der Waals surface area (Å²) in [6, 6.07) is 13.2. The molecule has 0 fully saturated rings. The van der Waals surface area contributed by atoms with Crippen LogP contribution in [-0.2, 0) is 11.3 Å². The first-order valence-corrected chi connectivity index (χ1v) is 8.85. The Bertz CT molecular complexity index is 971. The number of nitrogens with one attached hydrogen (secondary N) is 1. The van der Waals surface area contributed by atoms with E-state index < -0.39 is 12.0 Å². The summed E-state index contributed by atoms with van der Waals surface area (Å²) in [5, 5.41) is 5.07.